The van der Waals surface area contributed by atoms with Crippen molar-refractivity contribution in [3.05, 3.63) is 69.1 Å². The van der Waals surface area contributed by atoms with Gasteiger partial charge in [-0.15, -0.1) is 10.2 Å². The Hall–Kier alpha value is -3.11. The largest absolute Gasteiger partial charge is 0.322 e. The summed E-state index contributed by atoms with van der Waals surface area (Å²) in [6.07, 6.45) is 1.32. The molecule has 2 aromatic carbocycles. The average molecular weight is 464 g/mol. The minimum Gasteiger partial charge on any atom is -0.320 e. The molecule has 0 spiro atoms. The van der Waals surface area contributed by atoms with Gasteiger partial charge in [0, 0.05) is 23.3 Å². The van der Waals surface area contributed by atoms with Crippen LogP contribution >= 0.6 is 22.9 Å². The summed E-state index contributed by atoms with van der Waals surface area (Å²) >= 11 is 6.99. The van der Waals surface area contributed by atoms with Crippen molar-refractivity contribution in [2.75, 3.05) is 17.2 Å². The fourth-order valence-corrected chi connectivity index (χ4v) is 4.34. The lowest BCUT2D eigenvalue weighted by atomic mass is 10.2. The van der Waals surface area contributed by atoms with Crippen molar-refractivity contribution in [2.24, 2.45) is 0 Å². The maximum Gasteiger partial charge on any atom is 0.322 e. The van der Waals surface area contributed by atoms with Gasteiger partial charge in [-0.05, 0) is 43.2 Å². The standard InChI is InChI=1S/C20H16ClF2N5O2S/c21-11-3-1-4-13(9-11)24-17(29)19-27-26-18(31-19)16-5-2-8-28(16)20(30)25-15-10-12(22)6-7-14(15)23/h1,3-4,6-7,9-10,16H,2,5,8H2,(H,24,29)(H,25,30). The molecule has 1 aliphatic rings. The van der Waals surface area contributed by atoms with Crippen LogP contribution in [0.15, 0.2) is 42.5 Å². The van der Waals surface area contributed by atoms with E-state index in [9.17, 15) is 18.4 Å². The number of hydrogen-bond donors (Lipinski definition) is 2. The number of amides is 3. The fraction of sp³-hybridized carbons (Fsp3) is 0.200. The van der Waals surface area contributed by atoms with E-state index < -0.39 is 29.6 Å². The number of nitrogens with zero attached hydrogens (tertiary/aromatic N) is 3. The monoisotopic (exact) mass is 463 g/mol. The van der Waals surface area contributed by atoms with Crippen LogP contribution in [-0.4, -0.2) is 33.6 Å². The molecular formula is C20H16ClF2N5O2S. The highest BCUT2D eigenvalue weighted by atomic mass is 35.5. The molecule has 2 heterocycles. The van der Waals surface area contributed by atoms with Gasteiger partial charge in [-0.1, -0.05) is 29.0 Å². The Morgan fingerprint density at radius 2 is 1.97 bits per heavy atom. The van der Waals surface area contributed by atoms with Gasteiger partial charge in [0.05, 0.1) is 11.7 Å². The molecule has 1 aromatic heterocycles. The Morgan fingerprint density at radius 1 is 1.13 bits per heavy atom. The topological polar surface area (TPSA) is 87.2 Å². The first-order valence-electron chi connectivity index (χ1n) is 9.34. The second kappa shape index (κ2) is 8.94. The summed E-state index contributed by atoms with van der Waals surface area (Å²) in [6, 6.07) is 8.55. The van der Waals surface area contributed by atoms with Crippen LogP contribution in [0.5, 0.6) is 0 Å². The number of carbonyl (C=O) groups is 2. The molecule has 0 aliphatic carbocycles. The normalized spacial score (nSPS) is 15.7. The first kappa shape index (κ1) is 21.1. The zero-order valence-electron chi connectivity index (χ0n) is 15.9. The molecule has 1 fully saturated rings. The second-order valence-corrected chi connectivity index (χ2v) is 8.26. The number of urea groups is 1. The SMILES string of the molecule is O=C(Nc1cccc(Cl)c1)c1nnc(C2CCCN2C(=O)Nc2cc(F)ccc2F)s1. The molecule has 160 valence electrons. The van der Waals surface area contributed by atoms with E-state index in [4.69, 9.17) is 11.6 Å². The summed E-state index contributed by atoms with van der Waals surface area (Å²) in [5.74, 6) is -1.84. The zero-order valence-corrected chi connectivity index (χ0v) is 17.5. The van der Waals surface area contributed by atoms with Crippen LogP contribution in [0.4, 0.5) is 25.0 Å². The molecule has 0 radical (unpaired) electrons. The summed E-state index contributed by atoms with van der Waals surface area (Å²) in [4.78, 5) is 26.6. The number of benzene rings is 2. The number of halogens is 3. The number of carbonyl (C=O) groups excluding carboxylic acids is 2. The number of nitrogens with one attached hydrogen (secondary N) is 2. The molecule has 3 aromatic rings. The van der Waals surface area contributed by atoms with Crippen LogP contribution in [0.1, 0.15) is 33.7 Å². The van der Waals surface area contributed by atoms with Crippen LogP contribution in [-0.2, 0) is 0 Å². The van der Waals surface area contributed by atoms with E-state index in [2.05, 4.69) is 20.8 Å². The molecule has 3 amide bonds. The van der Waals surface area contributed by atoms with Gasteiger partial charge in [0.15, 0.2) is 0 Å². The van der Waals surface area contributed by atoms with Crippen molar-refractivity contribution in [1.82, 2.24) is 15.1 Å². The van der Waals surface area contributed by atoms with Gasteiger partial charge in [-0.3, -0.25) is 4.79 Å². The van der Waals surface area contributed by atoms with E-state index in [1.165, 1.54) is 4.90 Å². The summed E-state index contributed by atoms with van der Waals surface area (Å²) < 4.78 is 27.2. The highest BCUT2D eigenvalue weighted by molar-refractivity contribution is 7.13. The Bertz CT molecular complexity index is 1140. The van der Waals surface area contributed by atoms with E-state index in [1.54, 1.807) is 24.3 Å². The molecule has 31 heavy (non-hydrogen) atoms. The maximum absolute atomic E-state index is 13.9. The van der Waals surface area contributed by atoms with Gasteiger partial charge in [0.2, 0.25) is 5.01 Å². The molecule has 4 rings (SSSR count). The lowest BCUT2D eigenvalue weighted by molar-refractivity contribution is 0.102. The molecule has 1 unspecified atom stereocenters. The van der Waals surface area contributed by atoms with Gasteiger partial charge >= 0.3 is 6.03 Å². The quantitative estimate of drug-likeness (QED) is 0.564. The Labute approximate surface area is 185 Å². The number of hydrogen-bond acceptors (Lipinski definition) is 5. The van der Waals surface area contributed by atoms with E-state index in [0.717, 1.165) is 29.5 Å². The Balaban J connectivity index is 1.46. The molecule has 1 aliphatic heterocycles. The van der Waals surface area contributed by atoms with Gasteiger partial charge in [-0.25, -0.2) is 13.6 Å². The molecule has 7 nitrogen and oxygen atoms in total. The van der Waals surface area contributed by atoms with Gasteiger partial charge < -0.3 is 15.5 Å². The number of aromatic nitrogens is 2. The zero-order chi connectivity index (χ0) is 22.0. The van der Waals surface area contributed by atoms with E-state index in [-0.39, 0.29) is 10.7 Å². The van der Waals surface area contributed by atoms with Crippen molar-refractivity contribution in [1.29, 1.82) is 0 Å². The van der Waals surface area contributed by atoms with Crippen LogP contribution in [0.2, 0.25) is 5.02 Å². The predicted octanol–water partition coefficient (Wildman–Crippen LogP) is 5.09. The summed E-state index contributed by atoms with van der Waals surface area (Å²) in [7, 11) is 0. The molecule has 1 saturated heterocycles. The Morgan fingerprint density at radius 3 is 2.77 bits per heavy atom. The average Bonchev–Trinajstić information content (AvgIpc) is 3.40. The lowest BCUT2D eigenvalue weighted by Crippen LogP contribution is -2.34. The van der Waals surface area contributed by atoms with Crippen molar-refractivity contribution < 1.29 is 18.4 Å². The van der Waals surface area contributed by atoms with Crippen molar-refractivity contribution in [2.45, 2.75) is 18.9 Å². The molecule has 0 bridgehead atoms. The number of likely N-dealkylation sites (tertiary alicyclic amines) is 1. The van der Waals surface area contributed by atoms with Gasteiger partial charge in [0.1, 0.15) is 16.6 Å². The molecule has 2 N–H and O–H groups in total. The second-order valence-electron chi connectivity index (χ2n) is 6.82. The van der Waals surface area contributed by atoms with E-state index in [1.807, 2.05) is 0 Å². The van der Waals surface area contributed by atoms with Crippen molar-refractivity contribution in [3.8, 4) is 0 Å². The van der Waals surface area contributed by atoms with Crippen LogP contribution in [0.25, 0.3) is 0 Å². The van der Waals surface area contributed by atoms with E-state index >= 15 is 0 Å². The highest BCUT2D eigenvalue weighted by Crippen LogP contribution is 2.34. The third-order valence-electron chi connectivity index (χ3n) is 4.69. The smallest absolute Gasteiger partial charge is 0.320 e. The molecule has 11 heteroatoms. The van der Waals surface area contributed by atoms with Crippen LogP contribution in [0, 0.1) is 11.6 Å². The fourth-order valence-electron chi connectivity index (χ4n) is 3.26. The molecule has 0 saturated carbocycles. The van der Waals surface area contributed by atoms with Crippen molar-refractivity contribution >= 4 is 46.3 Å². The third kappa shape index (κ3) is 4.80. The van der Waals surface area contributed by atoms with E-state index in [0.29, 0.717) is 35.1 Å². The summed E-state index contributed by atoms with van der Waals surface area (Å²) in [5.41, 5.74) is 0.280. The van der Waals surface area contributed by atoms with Crippen LogP contribution in [0.3, 0.4) is 0 Å². The molecule has 1 atom stereocenters. The minimum absolute atomic E-state index is 0.137. The third-order valence-corrected chi connectivity index (χ3v) is 5.94. The first-order chi connectivity index (χ1) is 14.9. The van der Waals surface area contributed by atoms with Crippen molar-refractivity contribution in [3.63, 3.8) is 0 Å². The maximum atomic E-state index is 13.9. The Kier molecular flexibility index (Phi) is 6.10. The summed E-state index contributed by atoms with van der Waals surface area (Å²) in [5, 5.41) is 14.2. The molecular weight excluding hydrogens is 448 g/mol. The minimum atomic E-state index is -0.735. The predicted molar refractivity (Wildman–Crippen MR) is 113 cm³/mol. The highest BCUT2D eigenvalue weighted by Gasteiger charge is 2.33. The number of rotatable bonds is 4. The lowest BCUT2D eigenvalue weighted by Gasteiger charge is -2.23. The van der Waals surface area contributed by atoms with Crippen LogP contribution < -0.4 is 10.6 Å². The van der Waals surface area contributed by atoms with Gasteiger partial charge in [-0.2, -0.15) is 0 Å². The van der Waals surface area contributed by atoms with Gasteiger partial charge in [0.25, 0.3) is 5.91 Å². The number of anilines is 2. The first-order valence-corrected chi connectivity index (χ1v) is 10.5. The summed E-state index contributed by atoms with van der Waals surface area (Å²) in [6.45, 7) is 0.414.